The smallest absolute Gasteiger partial charge is 0.320 e. The van der Waals surface area contributed by atoms with E-state index in [9.17, 15) is 9.59 Å². The van der Waals surface area contributed by atoms with Crippen LogP contribution >= 0.6 is 0 Å². The number of ether oxygens (including phenoxy) is 2. The van der Waals surface area contributed by atoms with E-state index in [0.29, 0.717) is 39.4 Å². The molecule has 7 nitrogen and oxygen atoms in total. The van der Waals surface area contributed by atoms with E-state index in [1.54, 1.807) is 0 Å². The van der Waals surface area contributed by atoms with Gasteiger partial charge in [0.15, 0.2) is 0 Å². The largest absolute Gasteiger partial charge is 0.466 e. The number of piperidine rings is 1. The minimum Gasteiger partial charge on any atom is -0.466 e. The van der Waals surface area contributed by atoms with E-state index < -0.39 is 0 Å². The molecule has 1 saturated heterocycles. The van der Waals surface area contributed by atoms with Gasteiger partial charge in [-0.1, -0.05) is 24.3 Å². The highest BCUT2D eigenvalue weighted by atomic mass is 16.5. The first-order valence-corrected chi connectivity index (χ1v) is 9.58. The lowest BCUT2D eigenvalue weighted by Crippen LogP contribution is -2.40. The van der Waals surface area contributed by atoms with Gasteiger partial charge in [-0.15, -0.1) is 0 Å². The molecule has 2 heterocycles. The van der Waals surface area contributed by atoms with Gasteiger partial charge in [0.05, 0.1) is 32.2 Å². The maximum atomic E-state index is 12.0. The zero-order chi connectivity index (χ0) is 19.1. The molecule has 2 aliphatic heterocycles. The SMILES string of the molecule is CCOC(=O)C1CCN(CC(=O)OCCNC2=NCc3ccccc32)CC1. The summed E-state index contributed by atoms with van der Waals surface area (Å²) in [5.41, 5.74) is 2.33. The number of nitrogens with zero attached hydrogens (tertiary/aromatic N) is 2. The van der Waals surface area contributed by atoms with Crippen molar-refractivity contribution in [2.24, 2.45) is 10.9 Å². The van der Waals surface area contributed by atoms with Gasteiger partial charge < -0.3 is 14.8 Å². The second-order valence-corrected chi connectivity index (χ2v) is 6.77. The summed E-state index contributed by atoms with van der Waals surface area (Å²) in [6.45, 7) is 5.45. The van der Waals surface area contributed by atoms with Gasteiger partial charge >= 0.3 is 11.9 Å². The van der Waals surface area contributed by atoms with Crippen molar-refractivity contribution in [2.45, 2.75) is 26.3 Å². The number of hydrogen-bond acceptors (Lipinski definition) is 7. The van der Waals surface area contributed by atoms with Gasteiger partial charge in [0, 0.05) is 5.56 Å². The molecule has 0 bridgehead atoms. The number of amidine groups is 1. The molecule has 3 rings (SSSR count). The molecule has 1 fully saturated rings. The predicted molar refractivity (Wildman–Crippen MR) is 101 cm³/mol. The van der Waals surface area contributed by atoms with Crippen molar-refractivity contribution in [3.63, 3.8) is 0 Å². The van der Waals surface area contributed by atoms with E-state index in [4.69, 9.17) is 9.47 Å². The molecule has 1 aromatic carbocycles. The molecule has 0 aliphatic carbocycles. The van der Waals surface area contributed by atoms with Gasteiger partial charge in [-0.25, -0.2) is 0 Å². The minimum absolute atomic E-state index is 0.0449. The molecule has 7 heteroatoms. The fourth-order valence-corrected chi connectivity index (χ4v) is 3.44. The predicted octanol–water partition coefficient (Wildman–Crippen LogP) is 1.35. The summed E-state index contributed by atoms with van der Waals surface area (Å²) >= 11 is 0. The number of benzene rings is 1. The van der Waals surface area contributed by atoms with Crippen LogP contribution in [0.5, 0.6) is 0 Å². The lowest BCUT2D eigenvalue weighted by molar-refractivity contribution is -0.150. The minimum atomic E-state index is -0.236. The van der Waals surface area contributed by atoms with Gasteiger partial charge in [0.1, 0.15) is 12.4 Å². The molecule has 2 aliphatic rings. The standard InChI is InChI=1S/C20H27N3O4/c1-2-26-20(25)15-7-10-23(11-8-15)14-18(24)27-12-9-21-19-17-6-4-3-5-16(17)13-22-19/h3-6,15H,2,7-14H2,1H3,(H,21,22). The Hall–Kier alpha value is -2.41. The summed E-state index contributed by atoms with van der Waals surface area (Å²) in [6.07, 6.45) is 1.46. The van der Waals surface area contributed by atoms with Crippen LogP contribution in [0, 0.1) is 5.92 Å². The van der Waals surface area contributed by atoms with Crippen LogP contribution in [0.3, 0.4) is 0 Å². The number of fused-ring (bicyclic) bond motifs is 1. The van der Waals surface area contributed by atoms with Crippen molar-refractivity contribution in [3.8, 4) is 0 Å². The zero-order valence-corrected chi connectivity index (χ0v) is 15.8. The summed E-state index contributed by atoms with van der Waals surface area (Å²) in [5.74, 6) is 0.460. The van der Waals surface area contributed by atoms with Crippen LogP contribution in [0.1, 0.15) is 30.9 Å². The molecular formula is C20H27N3O4. The van der Waals surface area contributed by atoms with Gasteiger partial charge in [-0.2, -0.15) is 0 Å². The molecule has 146 valence electrons. The van der Waals surface area contributed by atoms with Gasteiger partial charge in [0.2, 0.25) is 0 Å². The van der Waals surface area contributed by atoms with Crippen LogP contribution < -0.4 is 5.32 Å². The van der Waals surface area contributed by atoms with Crippen LogP contribution in [-0.2, 0) is 25.6 Å². The van der Waals surface area contributed by atoms with Gasteiger partial charge in [0.25, 0.3) is 0 Å². The molecule has 0 saturated carbocycles. The van der Waals surface area contributed by atoms with Crippen molar-refractivity contribution in [1.29, 1.82) is 0 Å². The number of aliphatic imine (C=N–C) groups is 1. The van der Waals surface area contributed by atoms with E-state index in [1.807, 2.05) is 30.0 Å². The number of hydrogen-bond donors (Lipinski definition) is 1. The Morgan fingerprint density at radius 1 is 1.22 bits per heavy atom. The van der Waals surface area contributed by atoms with E-state index in [1.165, 1.54) is 5.56 Å². The van der Waals surface area contributed by atoms with Gasteiger partial charge in [-0.3, -0.25) is 19.5 Å². The Morgan fingerprint density at radius 3 is 2.78 bits per heavy atom. The Morgan fingerprint density at radius 2 is 2.00 bits per heavy atom. The molecule has 0 atom stereocenters. The molecule has 0 amide bonds. The van der Waals surface area contributed by atoms with Crippen molar-refractivity contribution >= 4 is 17.8 Å². The van der Waals surface area contributed by atoms with Crippen molar-refractivity contribution in [1.82, 2.24) is 10.2 Å². The second-order valence-electron chi connectivity index (χ2n) is 6.77. The van der Waals surface area contributed by atoms with Crippen LogP contribution in [0.2, 0.25) is 0 Å². The first kappa shape index (κ1) is 19.4. The fraction of sp³-hybridized carbons (Fsp3) is 0.550. The molecule has 1 N–H and O–H groups in total. The Labute approximate surface area is 159 Å². The lowest BCUT2D eigenvalue weighted by Gasteiger charge is -2.29. The summed E-state index contributed by atoms with van der Waals surface area (Å²) in [5, 5.41) is 3.23. The highest BCUT2D eigenvalue weighted by Crippen LogP contribution is 2.18. The number of likely N-dealkylation sites (tertiary alicyclic amines) is 1. The molecule has 1 aromatic rings. The summed E-state index contributed by atoms with van der Waals surface area (Å²) < 4.78 is 10.4. The van der Waals surface area contributed by atoms with Crippen LogP contribution in [0.25, 0.3) is 0 Å². The Balaban J connectivity index is 1.30. The molecular weight excluding hydrogens is 346 g/mol. The number of rotatable bonds is 7. The van der Waals surface area contributed by atoms with E-state index in [-0.39, 0.29) is 24.4 Å². The quantitative estimate of drug-likeness (QED) is 0.574. The number of carbonyl (C=O) groups is 2. The van der Waals surface area contributed by atoms with Crippen LogP contribution in [0.15, 0.2) is 29.3 Å². The summed E-state index contributed by atoms with van der Waals surface area (Å²) in [6, 6.07) is 8.11. The topological polar surface area (TPSA) is 80.2 Å². The third-order valence-electron chi connectivity index (χ3n) is 4.90. The van der Waals surface area contributed by atoms with Crippen LogP contribution in [0.4, 0.5) is 0 Å². The first-order chi connectivity index (χ1) is 13.2. The first-order valence-electron chi connectivity index (χ1n) is 9.58. The lowest BCUT2D eigenvalue weighted by atomic mass is 9.97. The molecule has 27 heavy (non-hydrogen) atoms. The molecule has 0 spiro atoms. The Kier molecular flexibility index (Phi) is 6.81. The monoisotopic (exact) mass is 373 g/mol. The molecule has 0 radical (unpaired) electrons. The fourth-order valence-electron chi connectivity index (χ4n) is 3.44. The average molecular weight is 373 g/mol. The zero-order valence-electron chi connectivity index (χ0n) is 15.8. The van der Waals surface area contributed by atoms with E-state index in [2.05, 4.69) is 16.4 Å². The number of esters is 2. The molecule has 0 aromatic heterocycles. The maximum Gasteiger partial charge on any atom is 0.320 e. The summed E-state index contributed by atoms with van der Waals surface area (Å²) in [7, 11) is 0. The Bertz CT molecular complexity index is 696. The normalized spacial score (nSPS) is 17.1. The van der Waals surface area contributed by atoms with Crippen molar-refractivity contribution in [3.05, 3.63) is 35.4 Å². The third kappa shape index (κ3) is 5.29. The third-order valence-corrected chi connectivity index (χ3v) is 4.90. The van der Waals surface area contributed by atoms with Crippen molar-refractivity contribution in [2.75, 3.05) is 39.4 Å². The highest BCUT2D eigenvalue weighted by molar-refractivity contribution is 6.01. The molecule has 0 unspecified atom stereocenters. The van der Waals surface area contributed by atoms with E-state index in [0.717, 1.165) is 24.2 Å². The number of carbonyl (C=O) groups excluding carboxylic acids is 2. The highest BCUT2D eigenvalue weighted by Gasteiger charge is 2.27. The average Bonchev–Trinajstić information content (AvgIpc) is 3.09. The maximum absolute atomic E-state index is 12.0. The summed E-state index contributed by atoms with van der Waals surface area (Å²) in [4.78, 5) is 30.2. The number of nitrogens with one attached hydrogen (secondary N) is 1. The van der Waals surface area contributed by atoms with Crippen LogP contribution in [-0.4, -0.2) is 62.1 Å². The van der Waals surface area contributed by atoms with Gasteiger partial charge in [-0.05, 0) is 38.4 Å². The van der Waals surface area contributed by atoms with Crippen molar-refractivity contribution < 1.29 is 19.1 Å². The second kappa shape index (κ2) is 9.50. The van der Waals surface area contributed by atoms with E-state index >= 15 is 0 Å².